The molecule has 1 N–H and O–H groups in total. The van der Waals surface area contributed by atoms with Crippen LogP contribution in [0.1, 0.15) is 11.3 Å². The standard InChI is InChI=1S/C15H10ClN3O4/c16-13-4-3-10(7-14(13)19(21)22)6-11(8-17)15(20)18-9-12-2-1-5-23-12/h1-7H,9H2,(H,18,20)/b11-6-. The zero-order valence-corrected chi connectivity index (χ0v) is 12.4. The summed E-state index contributed by atoms with van der Waals surface area (Å²) in [5, 5.41) is 22.4. The second-order valence-electron chi connectivity index (χ2n) is 4.40. The summed E-state index contributed by atoms with van der Waals surface area (Å²) in [6.07, 6.45) is 2.72. The molecule has 0 saturated heterocycles. The van der Waals surface area contributed by atoms with Crippen LogP contribution in [0, 0.1) is 21.4 Å². The number of nitro groups is 1. The van der Waals surface area contributed by atoms with E-state index >= 15 is 0 Å². The monoisotopic (exact) mass is 331 g/mol. The van der Waals surface area contributed by atoms with Crippen LogP contribution in [0.25, 0.3) is 6.08 Å². The van der Waals surface area contributed by atoms with E-state index in [-0.39, 0.29) is 22.8 Å². The number of nitro benzene ring substituents is 1. The lowest BCUT2D eigenvalue weighted by Crippen LogP contribution is -2.23. The van der Waals surface area contributed by atoms with E-state index in [1.807, 2.05) is 0 Å². The van der Waals surface area contributed by atoms with Gasteiger partial charge in [0, 0.05) is 6.07 Å². The number of hydrogen-bond donors (Lipinski definition) is 1. The summed E-state index contributed by atoms with van der Waals surface area (Å²) in [5.41, 5.74) is -0.160. The topological polar surface area (TPSA) is 109 Å². The Morgan fingerprint density at radius 1 is 1.48 bits per heavy atom. The van der Waals surface area contributed by atoms with E-state index in [0.29, 0.717) is 11.3 Å². The van der Waals surface area contributed by atoms with E-state index in [4.69, 9.17) is 21.3 Å². The van der Waals surface area contributed by atoms with Gasteiger partial charge in [-0.05, 0) is 29.8 Å². The van der Waals surface area contributed by atoms with Crippen LogP contribution in [-0.4, -0.2) is 10.8 Å². The molecule has 1 aromatic carbocycles. The van der Waals surface area contributed by atoms with Crippen LogP contribution in [-0.2, 0) is 11.3 Å². The molecule has 0 saturated carbocycles. The number of hydrogen-bond acceptors (Lipinski definition) is 5. The van der Waals surface area contributed by atoms with Crippen molar-refractivity contribution >= 4 is 29.3 Å². The minimum atomic E-state index is -0.636. The number of benzene rings is 1. The Labute approximate surface area is 135 Å². The summed E-state index contributed by atoms with van der Waals surface area (Å²) in [7, 11) is 0. The highest BCUT2D eigenvalue weighted by Crippen LogP contribution is 2.26. The van der Waals surface area contributed by atoms with E-state index in [1.54, 1.807) is 18.2 Å². The maximum Gasteiger partial charge on any atom is 0.288 e. The molecule has 0 atom stereocenters. The fourth-order valence-electron chi connectivity index (χ4n) is 1.75. The van der Waals surface area contributed by atoms with Gasteiger partial charge < -0.3 is 9.73 Å². The summed E-state index contributed by atoms with van der Waals surface area (Å²) < 4.78 is 5.06. The van der Waals surface area contributed by atoms with Crippen molar-refractivity contribution in [1.82, 2.24) is 5.32 Å². The summed E-state index contributed by atoms with van der Waals surface area (Å²) in [6, 6.07) is 9.12. The predicted molar refractivity (Wildman–Crippen MR) is 82.3 cm³/mol. The number of nitrogens with one attached hydrogen (secondary N) is 1. The van der Waals surface area contributed by atoms with Crippen LogP contribution < -0.4 is 5.32 Å². The molecule has 0 aliphatic rings. The third-order valence-electron chi connectivity index (χ3n) is 2.85. The number of furan rings is 1. The summed E-state index contributed by atoms with van der Waals surface area (Å²) >= 11 is 5.71. The van der Waals surface area contributed by atoms with Crippen LogP contribution in [0.5, 0.6) is 0 Å². The maximum absolute atomic E-state index is 12.0. The lowest BCUT2D eigenvalue weighted by molar-refractivity contribution is -0.384. The molecule has 0 bridgehead atoms. The lowest BCUT2D eigenvalue weighted by atomic mass is 10.1. The Bertz CT molecular complexity index is 807. The predicted octanol–water partition coefficient (Wildman–Crippen LogP) is 3.06. The molecule has 0 aliphatic carbocycles. The first-order chi connectivity index (χ1) is 11.0. The third-order valence-corrected chi connectivity index (χ3v) is 3.17. The molecule has 7 nitrogen and oxygen atoms in total. The van der Waals surface area contributed by atoms with Gasteiger partial charge in [0.15, 0.2) is 0 Å². The molecule has 0 radical (unpaired) electrons. The second kappa shape index (κ2) is 7.24. The first kappa shape index (κ1) is 16.3. The number of nitrogens with zero attached hydrogens (tertiary/aromatic N) is 2. The average Bonchev–Trinajstić information content (AvgIpc) is 3.04. The zero-order chi connectivity index (χ0) is 16.8. The highest BCUT2D eigenvalue weighted by atomic mass is 35.5. The largest absolute Gasteiger partial charge is 0.467 e. The molecule has 1 heterocycles. The van der Waals surface area contributed by atoms with Gasteiger partial charge in [-0.2, -0.15) is 5.26 Å². The average molecular weight is 332 g/mol. The van der Waals surface area contributed by atoms with Gasteiger partial charge in [-0.3, -0.25) is 14.9 Å². The molecule has 116 valence electrons. The quantitative estimate of drug-likeness (QED) is 0.392. The number of halogens is 1. The molecule has 0 fully saturated rings. The zero-order valence-electron chi connectivity index (χ0n) is 11.7. The van der Waals surface area contributed by atoms with Crippen LogP contribution in [0.4, 0.5) is 5.69 Å². The van der Waals surface area contributed by atoms with Crippen molar-refractivity contribution in [2.24, 2.45) is 0 Å². The molecule has 0 aliphatic heterocycles. The smallest absolute Gasteiger partial charge is 0.288 e. The number of amides is 1. The van der Waals surface area contributed by atoms with Gasteiger partial charge in [0.25, 0.3) is 11.6 Å². The Morgan fingerprint density at radius 2 is 2.26 bits per heavy atom. The van der Waals surface area contributed by atoms with Crippen molar-refractivity contribution in [1.29, 1.82) is 5.26 Å². The van der Waals surface area contributed by atoms with Gasteiger partial charge in [0.1, 0.15) is 22.4 Å². The van der Waals surface area contributed by atoms with Crippen LogP contribution >= 0.6 is 11.6 Å². The van der Waals surface area contributed by atoms with E-state index in [0.717, 1.165) is 0 Å². The van der Waals surface area contributed by atoms with Crippen LogP contribution in [0.3, 0.4) is 0 Å². The fraction of sp³-hybridized carbons (Fsp3) is 0.0667. The van der Waals surface area contributed by atoms with Gasteiger partial charge in [-0.25, -0.2) is 0 Å². The summed E-state index contributed by atoms with van der Waals surface area (Å²) in [4.78, 5) is 22.2. The molecule has 8 heteroatoms. The van der Waals surface area contributed by atoms with E-state index < -0.39 is 10.8 Å². The second-order valence-corrected chi connectivity index (χ2v) is 4.81. The van der Waals surface area contributed by atoms with Crippen molar-refractivity contribution in [3.05, 3.63) is 68.6 Å². The van der Waals surface area contributed by atoms with Crippen molar-refractivity contribution in [2.75, 3.05) is 0 Å². The maximum atomic E-state index is 12.0. The SMILES string of the molecule is N#C/C(=C/c1ccc(Cl)c([N+](=O)[O-])c1)C(=O)NCc1ccco1. The Balaban J connectivity index is 2.18. The minimum absolute atomic E-state index is 0.0204. The van der Waals surface area contributed by atoms with Crippen molar-refractivity contribution in [2.45, 2.75) is 6.54 Å². The molecule has 0 unspecified atom stereocenters. The molecule has 2 aromatic rings. The molecule has 0 spiro atoms. The Kier molecular flexibility index (Phi) is 5.12. The van der Waals surface area contributed by atoms with Gasteiger partial charge in [0.05, 0.1) is 17.7 Å². The molecule has 1 aromatic heterocycles. The number of carbonyl (C=O) groups excluding carboxylic acids is 1. The third kappa shape index (κ3) is 4.18. The van der Waals surface area contributed by atoms with Gasteiger partial charge in [-0.1, -0.05) is 17.7 Å². The molecule has 1 amide bonds. The van der Waals surface area contributed by atoms with E-state index in [2.05, 4.69) is 5.32 Å². The molecular formula is C15H10ClN3O4. The van der Waals surface area contributed by atoms with Gasteiger partial charge in [-0.15, -0.1) is 0 Å². The summed E-state index contributed by atoms with van der Waals surface area (Å²) in [6.45, 7) is 0.131. The Hall–Kier alpha value is -3.11. The van der Waals surface area contributed by atoms with Gasteiger partial charge in [0.2, 0.25) is 0 Å². The van der Waals surface area contributed by atoms with Crippen LogP contribution in [0.15, 0.2) is 46.6 Å². The highest BCUT2D eigenvalue weighted by Gasteiger charge is 2.14. The Morgan fingerprint density at radius 3 is 2.87 bits per heavy atom. The minimum Gasteiger partial charge on any atom is -0.467 e. The lowest BCUT2D eigenvalue weighted by Gasteiger charge is -2.02. The van der Waals surface area contributed by atoms with Crippen molar-refractivity contribution in [3.8, 4) is 6.07 Å². The van der Waals surface area contributed by atoms with Crippen molar-refractivity contribution < 1.29 is 14.1 Å². The normalized spacial score (nSPS) is 10.9. The van der Waals surface area contributed by atoms with E-state index in [9.17, 15) is 14.9 Å². The van der Waals surface area contributed by atoms with Crippen LogP contribution in [0.2, 0.25) is 5.02 Å². The number of carbonyl (C=O) groups is 1. The first-order valence-corrected chi connectivity index (χ1v) is 6.75. The fourth-order valence-corrected chi connectivity index (χ4v) is 1.94. The first-order valence-electron chi connectivity index (χ1n) is 6.37. The molecule has 23 heavy (non-hydrogen) atoms. The summed E-state index contributed by atoms with van der Waals surface area (Å²) in [5.74, 6) is -0.0701. The van der Waals surface area contributed by atoms with E-state index in [1.165, 1.54) is 30.5 Å². The molecule has 2 rings (SSSR count). The number of rotatable bonds is 5. The number of nitriles is 1. The van der Waals surface area contributed by atoms with Gasteiger partial charge >= 0.3 is 0 Å². The highest BCUT2D eigenvalue weighted by molar-refractivity contribution is 6.32. The van der Waals surface area contributed by atoms with Crippen molar-refractivity contribution in [3.63, 3.8) is 0 Å². The molecular weight excluding hydrogens is 322 g/mol.